The number of carbonyl (C=O) groups excluding carboxylic acids is 1. The fourth-order valence-corrected chi connectivity index (χ4v) is 1.27. The van der Waals surface area contributed by atoms with Crippen molar-refractivity contribution in [1.29, 1.82) is 0 Å². The minimum Gasteiger partial charge on any atom is -0.289 e. The summed E-state index contributed by atoms with van der Waals surface area (Å²) in [5.74, 6) is 0.00231. The Hall–Kier alpha value is -1.08. The second kappa shape index (κ2) is 4.24. The molecule has 0 aliphatic carbocycles. The van der Waals surface area contributed by atoms with Gasteiger partial charge in [0, 0.05) is 10.6 Å². The number of ketones is 1. The van der Waals surface area contributed by atoms with Gasteiger partial charge in [-0.15, -0.1) is 0 Å². The van der Waals surface area contributed by atoms with Crippen LogP contribution in [0.1, 0.15) is 22.8 Å². The molecule has 0 amide bonds. The van der Waals surface area contributed by atoms with E-state index in [-0.39, 0.29) is 5.78 Å². The van der Waals surface area contributed by atoms with Gasteiger partial charge in [-0.2, -0.15) is 0 Å². The Morgan fingerprint density at radius 1 is 1.46 bits per heavy atom. The van der Waals surface area contributed by atoms with E-state index in [1.807, 2.05) is 19.9 Å². The van der Waals surface area contributed by atoms with Gasteiger partial charge < -0.3 is 0 Å². The molecule has 13 heavy (non-hydrogen) atoms. The molecule has 0 saturated carbocycles. The molecule has 1 nitrogen and oxygen atoms in total. The van der Waals surface area contributed by atoms with E-state index in [0.717, 1.165) is 5.56 Å². The molecule has 0 radical (unpaired) electrons. The fourth-order valence-electron chi connectivity index (χ4n) is 1.10. The van der Waals surface area contributed by atoms with E-state index in [1.165, 1.54) is 0 Å². The van der Waals surface area contributed by atoms with Gasteiger partial charge in [0.25, 0.3) is 0 Å². The van der Waals surface area contributed by atoms with Crippen molar-refractivity contribution in [3.05, 3.63) is 46.5 Å². The lowest BCUT2D eigenvalue weighted by Crippen LogP contribution is -1.97. The largest absolute Gasteiger partial charge is 0.289 e. The highest BCUT2D eigenvalue weighted by molar-refractivity contribution is 6.31. The van der Waals surface area contributed by atoms with E-state index in [2.05, 4.69) is 0 Å². The Morgan fingerprint density at radius 3 is 2.77 bits per heavy atom. The summed E-state index contributed by atoms with van der Waals surface area (Å²) in [4.78, 5) is 11.5. The zero-order valence-electron chi connectivity index (χ0n) is 7.67. The number of hydrogen-bond acceptors (Lipinski definition) is 1. The number of rotatable bonds is 2. The van der Waals surface area contributed by atoms with Crippen LogP contribution in [0.2, 0.25) is 5.02 Å². The van der Waals surface area contributed by atoms with Crippen LogP contribution >= 0.6 is 11.6 Å². The van der Waals surface area contributed by atoms with E-state index in [1.54, 1.807) is 24.3 Å². The average Bonchev–Trinajstić information content (AvgIpc) is 2.09. The van der Waals surface area contributed by atoms with Crippen LogP contribution in [0.15, 0.2) is 30.4 Å². The number of allylic oxidation sites excluding steroid dienone is 2. The third-order valence-corrected chi connectivity index (χ3v) is 2.02. The van der Waals surface area contributed by atoms with Crippen LogP contribution in [-0.4, -0.2) is 5.78 Å². The van der Waals surface area contributed by atoms with Crippen LogP contribution in [0.3, 0.4) is 0 Å². The van der Waals surface area contributed by atoms with Gasteiger partial charge in [-0.05, 0) is 37.6 Å². The zero-order chi connectivity index (χ0) is 9.84. The first-order valence-corrected chi connectivity index (χ1v) is 4.46. The third-order valence-electron chi connectivity index (χ3n) is 1.78. The Morgan fingerprint density at radius 2 is 2.15 bits per heavy atom. The molecule has 68 valence electrons. The normalized spacial score (nSPS) is 10.7. The van der Waals surface area contributed by atoms with Crippen LogP contribution in [0.25, 0.3) is 0 Å². The van der Waals surface area contributed by atoms with E-state index in [4.69, 9.17) is 11.6 Å². The molecule has 0 atom stereocenters. The van der Waals surface area contributed by atoms with Crippen LogP contribution in [-0.2, 0) is 0 Å². The van der Waals surface area contributed by atoms with Gasteiger partial charge in [0.1, 0.15) is 0 Å². The molecular weight excluding hydrogens is 184 g/mol. The molecule has 1 aromatic carbocycles. The summed E-state index contributed by atoms with van der Waals surface area (Å²) in [5.41, 5.74) is 1.62. The predicted octanol–water partition coefficient (Wildman–Crippen LogP) is 3.41. The highest BCUT2D eigenvalue weighted by Gasteiger charge is 2.05. The Kier molecular flexibility index (Phi) is 3.26. The quantitative estimate of drug-likeness (QED) is 0.521. The molecule has 0 bridgehead atoms. The molecule has 0 N–H and O–H groups in total. The van der Waals surface area contributed by atoms with E-state index in [0.29, 0.717) is 10.6 Å². The number of aryl methyl sites for hydroxylation is 1. The van der Waals surface area contributed by atoms with E-state index in [9.17, 15) is 4.79 Å². The first-order chi connectivity index (χ1) is 6.15. The first kappa shape index (κ1) is 10.0. The Bertz CT molecular complexity index is 353. The van der Waals surface area contributed by atoms with Crippen molar-refractivity contribution < 1.29 is 4.79 Å². The van der Waals surface area contributed by atoms with Gasteiger partial charge in [-0.25, -0.2) is 0 Å². The summed E-state index contributed by atoms with van der Waals surface area (Å²) < 4.78 is 0. The molecular formula is C11H11ClO. The molecule has 0 spiro atoms. The minimum atomic E-state index is 0.00231. The minimum absolute atomic E-state index is 0.00231. The standard InChI is InChI=1S/C11H11ClO/c1-3-4-11(13)10-7-9(12)6-5-8(10)2/h3-7H,1-2H3/b4-3+. The fraction of sp³-hybridized carbons (Fsp3) is 0.182. The highest BCUT2D eigenvalue weighted by atomic mass is 35.5. The Labute approximate surface area is 83.0 Å². The topological polar surface area (TPSA) is 17.1 Å². The predicted molar refractivity (Wildman–Crippen MR) is 55.3 cm³/mol. The number of carbonyl (C=O) groups is 1. The molecule has 0 saturated heterocycles. The maximum atomic E-state index is 11.5. The van der Waals surface area contributed by atoms with Gasteiger partial charge in [-0.1, -0.05) is 23.7 Å². The summed E-state index contributed by atoms with van der Waals surface area (Å²) in [6, 6.07) is 5.32. The van der Waals surface area contributed by atoms with Crippen LogP contribution in [0.4, 0.5) is 0 Å². The van der Waals surface area contributed by atoms with Gasteiger partial charge in [-0.3, -0.25) is 4.79 Å². The molecule has 0 heterocycles. The van der Waals surface area contributed by atoms with Gasteiger partial charge >= 0.3 is 0 Å². The zero-order valence-corrected chi connectivity index (χ0v) is 8.43. The summed E-state index contributed by atoms with van der Waals surface area (Å²) >= 11 is 5.78. The van der Waals surface area contributed by atoms with Crippen molar-refractivity contribution >= 4 is 17.4 Å². The van der Waals surface area contributed by atoms with Crippen molar-refractivity contribution in [1.82, 2.24) is 0 Å². The molecule has 0 aromatic heterocycles. The van der Waals surface area contributed by atoms with Gasteiger partial charge in [0.05, 0.1) is 0 Å². The molecule has 0 aliphatic heterocycles. The number of halogens is 1. The summed E-state index contributed by atoms with van der Waals surface area (Å²) in [6.07, 6.45) is 3.27. The van der Waals surface area contributed by atoms with Crippen LogP contribution in [0.5, 0.6) is 0 Å². The van der Waals surface area contributed by atoms with Gasteiger partial charge in [0.15, 0.2) is 5.78 Å². The number of benzene rings is 1. The smallest absolute Gasteiger partial charge is 0.185 e. The van der Waals surface area contributed by atoms with Crippen molar-refractivity contribution in [2.45, 2.75) is 13.8 Å². The summed E-state index contributed by atoms with van der Waals surface area (Å²) in [5, 5.41) is 0.596. The second-order valence-corrected chi connectivity index (χ2v) is 3.26. The van der Waals surface area contributed by atoms with Gasteiger partial charge in [0.2, 0.25) is 0 Å². The first-order valence-electron chi connectivity index (χ1n) is 4.08. The lowest BCUT2D eigenvalue weighted by molar-refractivity contribution is 0.104. The van der Waals surface area contributed by atoms with E-state index >= 15 is 0 Å². The molecule has 0 aliphatic rings. The van der Waals surface area contributed by atoms with Crippen molar-refractivity contribution in [2.24, 2.45) is 0 Å². The SMILES string of the molecule is C/C=C/C(=O)c1cc(Cl)ccc1C. The lowest BCUT2D eigenvalue weighted by atomic mass is 10.0. The average molecular weight is 195 g/mol. The summed E-state index contributed by atoms with van der Waals surface area (Å²) in [7, 11) is 0. The molecule has 2 heteroatoms. The monoisotopic (exact) mass is 194 g/mol. The van der Waals surface area contributed by atoms with Crippen LogP contribution < -0.4 is 0 Å². The number of hydrogen-bond donors (Lipinski definition) is 0. The van der Waals surface area contributed by atoms with Crippen molar-refractivity contribution in [3.63, 3.8) is 0 Å². The maximum absolute atomic E-state index is 11.5. The molecule has 1 aromatic rings. The highest BCUT2D eigenvalue weighted by Crippen LogP contribution is 2.16. The molecule has 0 fully saturated rings. The Balaban J connectivity index is 3.13. The molecule has 0 unspecified atom stereocenters. The third kappa shape index (κ3) is 2.43. The van der Waals surface area contributed by atoms with Crippen molar-refractivity contribution in [2.75, 3.05) is 0 Å². The second-order valence-electron chi connectivity index (χ2n) is 2.82. The van der Waals surface area contributed by atoms with Crippen molar-refractivity contribution in [3.8, 4) is 0 Å². The lowest BCUT2D eigenvalue weighted by Gasteiger charge is -2.01. The maximum Gasteiger partial charge on any atom is 0.185 e. The van der Waals surface area contributed by atoms with E-state index < -0.39 is 0 Å². The van der Waals surface area contributed by atoms with Crippen LogP contribution in [0, 0.1) is 6.92 Å². The summed E-state index contributed by atoms with van der Waals surface area (Å²) in [6.45, 7) is 3.71. The molecule has 1 rings (SSSR count).